The van der Waals surface area contributed by atoms with Crippen LogP contribution >= 0.6 is 12.2 Å². The average molecular weight is 274 g/mol. The van der Waals surface area contributed by atoms with Crippen LogP contribution in [0.2, 0.25) is 0 Å². The first-order valence-electron chi connectivity index (χ1n) is 5.91. The highest BCUT2D eigenvalue weighted by Crippen LogP contribution is 2.27. The van der Waals surface area contributed by atoms with Crippen LogP contribution in [0.4, 0.5) is 0 Å². The van der Waals surface area contributed by atoms with E-state index in [4.69, 9.17) is 17.0 Å². The number of methoxy groups -OCH3 is 1. The molecule has 0 saturated carbocycles. The molecule has 0 aliphatic rings. The summed E-state index contributed by atoms with van der Waals surface area (Å²) < 4.78 is 9.81. The van der Waals surface area contributed by atoms with E-state index in [1.807, 2.05) is 47.5 Å². The Bertz CT molecular complexity index is 812. The van der Waals surface area contributed by atoms with E-state index >= 15 is 0 Å². The van der Waals surface area contributed by atoms with E-state index in [-0.39, 0.29) is 0 Å². The Morgan fingerprint density at radius 2 is 2.05 bits per heavy atom. The molecule has 1 N–H and O–H groups in total. The third kappa shape index (κ3) is 1.67. The van der Waals surface area contributed by atoms with Crippen molar-refractivity contribution in [1.29, 1.82) is 0 Å². The molecule has 0 atom stereocenters. The molecular weight excluding hydrogens is 260 g/mol. The zero-order valence-electron chi connectivity index (χ0n) is 11.0. The van der Waals surface area contributed by atoms with Crippen LogP contribution < -0.4 is 4.74 Å². The van der Waals surface area contributed by atoms with Crippen LogP contribution in [0.15, 0.2) is 24.3 Å². The fourth-order valence-electron chi connectivity index (χ4n) is 2.35. The number of nitrogens with one attached hydrogen (secondary N) is 1. The van der Waals surface area contributed by atoms with Gasteiger partial charge in [-0.3, -0.25) is 4.57 Å². The van der Waals surface area contributed by atoms with E-state index < -0.39 is 0 Å². The second kappa shape index (κ2) is 4.24. The van der Waals surface area contributed by atoms with E-state index in [1.165, 1.54) is 0 Å². The molecule has 0 aliphatic heterocycles. The van der Waals surface area contributed by atoms with E-state index in [9.17, 15) is 0 Å². The molecule has 2 aromatic heterocycles. The van der Waals surface area contributed by atoms with Gasteiger partial charge in [-0.15, -0.1) is 0 Å². The number of para-hydroxylation sites is 2. The lowest BCUT2D eigenvalue weighted by atomic mass is 10.3. The molecule has 0 spiro atoms. The van der Waals surface area contributed by atoms with Gasteiger partial charge in [0, 0.05) is 7.05 Å². The standard InChI is InChI=1S/C13H14N4OS/c1-8-11-12(16(2)15-8)17(13(19)14-11)9-6-4-5-7-10(9)18-3/h4-7H,1-3H3,(H,14,19). The molecule has 2 heterocycles. The van der Waals surface area contributed by atoms with Crippen molar-refractivity contribution >= 4 is 23.4 Å². The zero-order valence-corrected chi connectivity index (χ0v) is 11.8. The van der Waals surface area contributed by atoms with Crippen LogP contribution in [-0.4, -0.2) is 26.4 Å². The molecule has 0 aliphatic carbocycles. The van der Waals surface area contributed by atoms with Crippen LogP contribution in [0.5, 0.6) is 5.75 Å². The van der Waals surface area contributed by atoms with E-state index in [1.54, 1.807) is 7.11 Å². The first-order valence-corrected chi connectivity index (χ1v) is 6.32. The summed E-state index contributed by atoms with van der Waals surface area (Å²) in [6, 6.07) is 7.79. The summed E-state index contributed by atoms with van der Waals surface area (Å²) >= 11 is 5.43. The summed E-state index contributed by atoms with van der Waals surface area (Å²) in [7, 11) is 3.56. The number of hydrogen-bond donors (Lipinski definition) is 1. The number of ether oxygens (including phenoxy) is 1. The Kier molecular flexibility index (Phi) is 2.67. The number of aromatic amines is 1. The molecule has 19 heavy (non-hydrogen) atoms. The van der Waals surface area contributed by atoms with Gasteiger partial charge in [0.15, 0.2) is 10.4 Å². The van der Waals surface area contributed by atoms with E-state index in [0.717, 1.165) is 28.3 Å². The number of nitrogens with zero attached hydrogens (tertiary/aromatic N) is 3. The molecule has 0 amide bonds. The van der Waals surface area contributed by atoms with Gasteiger partial charge in [-0.2, -0.15) is 5.10 Å². The maximum Gasteiger partial charge on any atom is 0.184 e. The highest BCUT2D eigenvalue weighted by Gasteiger charge is 2.16. The minimum Gasteiger partial charge on any atom is -0.495 e. The van der Waals surface area contributed by atoms with Gasteiger partial charge in [0.05, 0.1) is 18.5 Å². The lowest BCUT2D eigenvalue weighted by molar-refractivity contribution is 0.413. The molecule has 0 saturated heterocycles. The van der Waals surface area contributed by atoms with Gasteiger partial charge in [0.2, 0.25) is 0 Å². The van der Waals surface area contributed by atoms with Gasteiger partial charge in [-0.25, -0.2) is 4.68 Å². The van der Waals surface area contributed by atoms with Gasteiger partial charge < -0.3 is 9.72 Å². The quantitative estimate of drug-likeness (QED) is 0.731. The largest absolute Gasteiger partial charge is 0.495 e. The summed E-state index contributed by atoms with van der Waals surface area (Å²) in [5, 5.41) is 4.41. The monoisotopic (exact) mass is 274 g/mol. The summed E-state index contributed by atoms with van der Waals surface area (Å²) in [4.78, 5) is 3.20. The van der Waals surface area contributed by atoms with Crippen LogP contribution in [0.3, 0.4) is 0 Å². The van der Waals surface area contributed by atoms with Gasteiger partial charge in [0.1, 0.15) is 11.3 Å². The van der Waals surface area contributed by atoms with Crippen molar-refractivity contribution in [2.24, 2.45) is 7.05 Å². The molecule has 3 aromatic rings. The normalized spacial score (nSPS) is 11.1. The molecule has 3 rings (SSSR count). The van der Waals surface area contributed by atoms with Crippen molar-refractivity contribution in [3.63, 3.8) is 0 Å². The molecular formula is C13H14N4OS. The summed E-state index contributed by atoms with van der Waals surface area (Å²) in [6.07, 6.45) is 0. The molecule has 0 unspecified atom stereocenters. The van der Waals surface area contributed by atoms with Crippen molar-refractivity contribution in [1.82, 2.24) is 19.3 Å². The zero-order chi connectivity index (χ0) is 13.6. The van der Waals surface area contributed by atoms with Gasteiger partial charge in [0.25, 0.3) is 0 Å². The van der Waals surface area contributed by atoms with Crippen molar-refractivity contribution < 1.29 is 4.74 Å². The van der Waals surface area contributed by atoms with Gasteiger partial charge >= 0.3 is 0 Å². The number of hydrogen-bond acceptors (Lipinski definition) is 3. The Hall–Kier alpha value is -2.08. The predicted octanol–water partition coefficient (Wildman–Crippen LogP) is 2.74. The average Bonchev–Trinajstić information content (AvgIpc) is 2.88. The second-order valence-electron chi connectivity index (χ2n) is 4.35. The topological polar surface area (TPSA) is 47.8 Å². The molecule has 1 aromatic carbocycles. The lowest BCUT2D eigenvalue weighted by Gasteiger charge is -2.09. The number of rotatable bonds is 2. The Balaban J connectivity index is 2.42. The minimum atomic E-state index is 0.635. The Labute approximate surface area is 115 Å². The number of imidazole rings is 1. The highest BCUT2D eigenvalue weighted by atomic mass is 32.1. The van der Waals surface area contributed by atoms with E-state index in [2.05, 4.69) is 10.1 Å². The molecule has 5 nitrogen and oxygen atoms in total. The predicted molar refractivity (Wildman–Crippen MR) is 76.5 cm³/mol. The minimum absolute atomic E-state index is 0.635. The first-order chi connectivity index (χ1) is 9.13. The van der Waals surface area contributed by atoms with Crippen molar-refractivity contribution in [3.8, 4) is 11.4 Å². The SMILES string of the molecule is COc1ccccc1-n1c(=S)[nH]c2c(C)nn(C)c21. The van der Waals surface area contributed by atoms with Crippen molar-refractivity contribution in [2.75, 3.05) is 7.11 Å². The summed E-state index contributed by atoms with van der Waals surface area (Å²) in [6.45, 7) is 1.96. The van der Waals surface area contributed by atoms with E-state index in [0.29, 0.717) is 4.77 Å². The molecule has 0 fully saturated rings. The molecule has 0 radical (unpaired) electrons. The number of aryl methyl sites for hydroxylation is 2. The molecule has 0 bridgehead atoms. The van der Waals surface area contributed by atoms with Crippen LogP contribution in [0.1, 0.15) is 5.69 Å². The lowest BCUT2D eigenvalue weighted by Crippen LogP contribution is -2.02. The number of H-pyrrole nitrogens is 1. The van der Waals surface area contributed by atoms with Crippen LogP contribution in [0.25, 0.3) is 16.9 Å². The highest BCUT2D eigenvalue weighted by molar-refractivity contribution is 7.71. The first kappa shape index (κ1) is 12.0. The summed E-state index contributed by atoms with van der Waals surface area (Å²) in [5.74, 6) is 0.776. The van der Waals surface area contributed by atoms with Gasteiger partial charge in [-0.05, 0) is 31.3 Å². The second-order valence-corrected chi connectivity index (χ2v) is 4.73. The van der Waals surface area contributed by atoms with Crippen LogP contribution in [0, 0.1) is 11.7 Å². The van der Waals surface area contributed by atoms with Crippen molar-refractivity contribution in [3.05, 3.63) is 34.7 Å². The third-order valence-electron chi connectivity index (χ3n) is 3.16. The number of fused-ring (bicyclic) bond motifs is 1. The third-order valence-corrected chi connectivity index (χ3v) is 3.45. The fraction of sp³-hybridized carbons (Fsp3) is 0.231. The van der Waals surface area contributed by atoms with Gasteiger partial charge in [-0.1, -0.05) is 12.1 Å². The number of benzene rings is 1. The maximum atomic E-state index is 5.43. The van der Waals surface area contributed by atoms with Crippen LogP contribution in [-0.2, 0) is 7.05 Å². The Morgan fingerprint density at radius 3 is 2.79 bits per heavy atom. The molecule has 98 valence electrons. The molecule has 6 heteroatoms. The van der Waals surface area contributed by atoms with Crippen molar-refractivity contribution in [2.45, 2.75) is 6.92 Å². The number of aromatic nitrogens is 4. The fourth-order valence-corrected chi connectivity index (χ4v) is 2.63. The Morgan fingerprint density at radius 1 is 1.32 bits per heavy atom. The maximum absolute atomic E-state index is 5.43. The smallest absolute Gasteiger partial charge is 0.184 e. The summed E-state index contributed by atoms with van der Waals surface area (Å²) in [5.41, 5.74) is 3.73.